The van der Waals surface area contributed by atoms with Crippen LogP contribution in [0.4, 0.5) is 0 Å². The van der Waals surface area contributed by atoms with E-state index in [2.05, 4.69) is 27.7 Å². The van der Waals surface area contributed by atoms with Crippen LogP contribution in [0.2, 0.25) is 0 Å². The first-order chi connectivity index (χ1) is 16.3. The monoisotopic (exact) mass is 482 g/mol. The maximum Gasteiger partial charge on any atom is 0.309 e. The van der Waals surface area contributed by atoms with E-state index in [1.54, 1.807) is 0 Å². The number of carboxylic acid groups (broad SMARTS) is 2. The molecule has 202 valence electrons. The summed E-state index contributed by atoms with van der Waals surface area (Å²) in [4.78, 5) is 23.4. The molecule has 0 heterocycles. The van der Waals surface area contributed by atoms with E-state index in [0.717, 1.165) is 77.0 Å². The lowest BCUT2D eigenvalue weighted by Gasteiger charge is -2.36. The molecule has 0 bridgehead atoms. The molecule has 4 heteroatoms. The Kier molecular flexibility index (Phi) is 20.6. The summed E-state index contributed by atoms with van der Waals surface area (Å²) in [5, 5.41) is 19.3. The van der Waals surface area contributed by atoms with Crippen LogP contribution in [0.25, 0.3) is 0 Å². The third-order valence-corrected chi connectivity index (χ3v) is 7.95. The summed E-state index contributed by atoms with van der Waals surface area (Å²) >= 11 is 0. The molecule has 0 aliphatic carbocycles. The quantitative estimate of drug-likeness (QED) is 0.127. The van der Waals surface area contributed by atoms with Crippen molar-refractivity contribution >= 4 is 11.9 Å². The van der Waals surface area contributed by atoms with Gasteiger partial charge in [0.15, 0.2) is 0 Å². The molecular formula is C30H58O4. The second kappa shape index (κ2) is 21.2. The molecule has 0 spiro atoms. The maximum absolute atomic E-state index is 12.8. The summed E-state index contributed by atoms with van der Waals surface area (Å²) in [7, 11) is 0. The van der Waals surface area contributed by atoms with Crippen LogP contribution in [-0.2, 0) is 9.59 Å². The molecule has 0 saturated carbocycles. The zero-order chi connectivity index (χ0) is 25.7. The number of carbonyl (C=O) groups is 2. The average molecular weight is 483 g/mol. The predicted octanol–water partition coefficient (Wildman–Crippen LogP) is 9.65. The number of carboxylic acids is 2. The topological polar surface area (TPSA) is 74.6 Å². The molecule has 0 amide bonds. The van der Waals surface area contributed by atoms with Crippen LogP contribution in [0.5, 0.6) is 0 Å². The lowest BCUT2D eigenvalue weighted by atomic mass is 9.67. The highest BCUT2D eigenvalue weighted by Crippen LogP contribution is 2.43. The standard InChI is InChI=1S/C30H58O4/c1-5-9-16-20-26(7-3)24-30(29(33)34,25-27(8-4)21-17-10-6-2)23-19-15-13-11-12-14-18-22-28(31)32/h26-27H,5-25H2,1-4H3,(H,31,32)(H,33,34). The van der Waals surface area contributed by atoms with Gasteiger partial charge in [-0.3, -0.25) is 9.59 Å². The van der Waals surface area contributed by atoms with Gasteiger partial charge in [0.25, 0.3) is 0 Å². The fraction of sp³-hybridized carbons (Fsp3) is 0.933. The van der Waals surface area contributed by atoms with Crippen molar-refractivity contribution in [2.75, 3.05) is 0 Å². The van der Waals surface area contributed by atoms with Gasteiger partial charge in [-0.2, -0.15) is 0 Å². The van der Waals surface area contributed by atoms with E-state index < -0.39 is 17.4 Å². The van der Waals surface area contributed by atoms with Gasteiger partial charge in [-0.1, -0.05) is 130 Å². The summed E-state index contributed by atoms with van der Waals surface area (Å²) in [6.07, 6.45) is 21.8. The van der Waals surface area contributed by atoms with Gasteiger partial charge >= 0.3 is 11.9 Å². The van der Waals surface area contributed by atoms with Gasteiger partial charge in [0.1, 0.15) is 0 Å². The van der Waals surface area contributed by atoms with Gasteiger partial charge in [0.05, 0.1) is 5.41 Å². The van der Waals surface area contributed by atoms with Crippen molar-refractivity contribution in [1.82, 2.24) is 0 Å². The molecule has 0 fully saturated rings. The highest BCUT2D eigenvalue weighted by Gasteiger charge is 2.41. The first-order valence-corrected chi connectivity index (χ1v) is 14.8. The largest absolute Gasteiger partial charge is 0.481 e. The molecule has 0 radical (unpaired) electrons. The minimum atomic E-state index is -0.704. The van der Waals surface area contributed by atoms with Crippen LogP contribution >= 0.6 is 0 Å². The van der Waals surface area contributed by atoms with E-state index in [-0.39, 0.29) is 6.42 Å². The van der Waals surface area contributed by atoms with Gasteiger partial charge < -0.3 is 10.2 Å². The molecule has 34 heavy (non-hydrogen) atoms. The Hall–Kier alpha value is -1.06. The van der Waals surface area contributed by atoms with Crippen LogP contribution in [0, 0.1) is 17.3 Å². The first kappa shape index (κ1) is 32.9. The van der Waals surface area contributed by atoms with Gasteiger partial charge in [0.2, 0.25) is 0 Å². The number of hydrogen-bond acceptors (Lipinski definition) is 2. The summed E-state index contributed by atoms with van der Waals surface area (Å²) in [5.41, 5.74) is -0.568. The molecule has 0 aliphatic heterocycles. The van der Waals surface area contributed by atoms with Crippen LogP contribution in [0.1, 0.15) is 163 Å². The second-order valence-electron chi connectivity index (χ2n) is 10.9. The molecular weight excluding hydrogens is 424 g/mol. The second-order valence-corrected chi connectivity index (χ2v) is 10.9. The highest BCUT2D eigenvalue weighted by atomic mass is 16.4. The van der Waals surface area contributed by atoms with Gasteiger partial charge in [-0.15, -0.1) is 0 Å². The van der Waals surface area contributed by atoms with Crippen molar-refractivity contribution in [2.24, 2.45) is 17.3 Å². The van der Waals surface area contributed by atoms with Crippen molar-refractivity contribution in [2.45, 2.75) is 163 Å². The molecule has 2 atom stereocenters. The van der Waals surface area contributed by atoms with Crippen LogP contribution in [0.3, 0.4) is 0 Å². The van der Waals surface area contributed by atoms with Gasteiger partial charge in [-0.25, -0.2) is 0 Å². The molecule has 0 rings (SSSR count). The fourth-order valence-electron chi connectivity index (χ4n) is 5.56. The molecule has 4 nitrogen and oxygen atoms in total. The van der Waals surface area contributed by atoms with E-state index >= 15 is 0 Å². The minimum Gasteiger partial charge on any atom is -0.481 e. The molecule has 0 saturated heterocycles. The molecule has 0 aromatic heterocycles. The SMILES string of the molecule is CCCCCC(CC)CC(CCCCCCCCCC(=O)O)(CC(CC)CCCCC)C(=O)O. The fourth-order valence-corrected chi connectivity index (χ4v) is 5.56. The molecule has 0 aliphatic rings. The number of unbranched alkanes of at least 4 members (excludes halogenated alkanes) is 10. The summed E-state index contributed by atoms with van der Waals surface area (Å²) < 4.78 is 0. The van der Waals surface area contributed by atoms with E-state index in [4.69, 9.17) is 5.11 Å². The Bertz CT molecular complexity index is 482. The van der Waals surface area contributed by atoms with E-state index in [0.29, 0.717) is 11.8 Å². The Labute approximate surface area is 211 Å². The van der Waals surface area contributed by atoms with Crippen molar-refractivity contribution < 1.29 is 19.8 Å². The Morgan fingerprint density at radius 2 is 1.06 bits per heavy atom. The summed E-state index contributed by atoms with van der Waals surface area (Å²) in [6, 6.07) is 0. The van der Waals surface area contributed by atoms with Gasteiger partial charge in [0, 0.05) is 6.42 Å². The van der Waals surface area contributed by atoms with E-state index in [1.807, 2.05) is 0 Å². The Morgan fingerprint density at radius 1 is 0.618 bits per heavy atom. The molecule has 2 N–H and O–H groups in total. The van der Waals surface area contributed by atoms with Crippen LogP contribution < -0.4 is 0 Å². The summed E-state index contributed by atoms with van der Waals surface area (Å²) in [5.74, 6) is -0.218. The Morgan fingerprint density at radius 3 is 1.44 bits per heavy atom. The van der Waals surface area contributed by atoms with Crippen LogP contribution in [-0.4, -0.2) is 22.2 Å². The van der Waals surface area contributed by atoms with Crippen molar-refractivity contribution in [3.63, 3.8) is 0 Å². The van der Waals surface area contributed by atoms with Crippen molar-refractivity contribution in [1.29, 1.82) is 0 Å². The third-order valence-electron chi connectivity index (χ3n) is 7.95. The molecule has 0 aromatic carbocycles. The number of rotatable bonds is 25. The number of aliphatic carboxylic acids is 2. The van der Waals surface area contributed by atoms with Gasteiger partial charge in [-0.05, 0) is 37.5 Å². The lowest BCUT2D eigenvalue weighted by molar-refractivity contribution is -0.152. The molecule has 2 unspecified atom stereocenters. The highest BCUT2D eigenvalue weighted by molar-refractivity contribution is 5.74. The molecule has 0 aromatic rings. The van der Waals surface area contributed by atoms with E-state index in [9.17, 15) is 14.7 Å². The zero-order valence-corrected chi connectivity index (χ0v) is 23.2. The van der Waals surface area contributed by atoms with Crippen molar-refractivity contribution in [3.8, 4) is 0 Å². The third kappa shape index (κ3) is 15.8. The lowest BCUT2D eigenvalue weighted by Crippen LogP contribution is -2.36. The van der Waals surface area contributed by atoms with Crippen molar-refractivity contribution in [3.05, 3.63) is 0 Å². The average Bonchev–Trinajstić information content (AvgIpc) is 2.81. The minimum absolute atomic E-state index is 0.273. The summed E-state index contributed by atoms with van der Waals surface area (Å²) in [6.45, 7) is 8.95. The normalized spacial score (nSPS) is 15.1. The van der Waals surface area contributed by atoms with Crippen LogP contribution in [0.15, 0.2) is 0 Å². The number of hydrogen-bond donors (Lipinski definition) is 2. The van der Waals surface area contributed by atoms with E-state index in [1.165, 1.54) is 51.4 Å². The Balaban J connectivity index is 5.02. The smallest absolute Gasteiger partial charge is 0.309 e. The predicted molar refractivity (Wildman–Crippen MR) is 144 cm³/mol. The first-order valence-electron chi connectivity index (χ1n) is 14.8. The maximum atomic E-state index is 12.8. The zero-order valence-electron chi connectivity index (χ0n) is 23.2.